The molecular weight excluding hydrogens is 406 g/mol. The molecule has 0 spiro atoms. The van der Waals surface area contributed by atoms with Crippen molar-refractivity contribution in [1.29, 1.82) is 0 Å². The number of halogens is 1. The van der Waals surface area contributed by atoms with Crippen molar-refractivity contribution < 1.29 is 14.2 Å². The van der Waals surface area contributed by atoms with Gasteiger partial charge in [0.15, 0.2) is 11.5 Å². The summed E-state index contributed by atoms with van der Waals surface area (Å²) >= 11 is 3.56. The number of hydrogen-bond donors (Lipinski definition) is 1. The molecular formula is C22H22BrNO3. The lowest BCUT2D eigenvalue weighted by molar-refractivity contribution is 0.281. The Labute approximate surface area is 168 Å². The molecule has 0 saturated heterocycles. The van der Waals surface area contributed by atoms with E-state index in [1.54, 1.807) is 14.2 Å². The fourth-order valence-corrected chi connectivity index (χ4v) is 3.17. The number of ether oxygens (including phenoxy) is 3. The van der Waals surface area contributed by atoms with E-state index in [0.717, 1.165) is 32.8 Å². The van der Waals surface area contributed by atoms with E-state index in [-0.39, 0.29) is 0 Å². The lowest BCUT2D eigenvalue weighted by Crippen LogP contribution is -2.06. The van der Waals surface area contributed by atoms with Crippen LogP contribution in [0.2, 0.25) is 0 Å². The smallest absolute Gasteiger partial charge is 0.166 e. The fourth-order valence-electron chi connectivity index (χ4n) is 2.77. The van der Waals surface area contributed by atoms with Gasteiger partial charge < -0.3 is 19.5 Å². The number of nitrogens with one attached hydrogen (secondary N) is 1. The van der Waals surface area contributed by atoms with Crippen molar-refractivity contribution in [3.63, 3.8) is 0 Å². The van der Waals surface area contributed by atoms with Gasteiger partial charge in [-0.1, -0.05) is 58.4 Å². The summed E-state index contributed by atoms with van der Waals surface area (Å²) in [5.74, 6) is 2.25. The van der Waals surface area contributed by atoms with Gasteiger partial charge >= 0.3 is 0 Å². The number of rotatable bonds is 8. The van der Waals surface area contributed by atoms with E-state index < -0.39 is 0 Å². The zero-order valence-electron chi connectivity index (χ0n) is 15.4. The van der Waals surface area contributed by atoms with Crippen LogP contribution >= 0.6 is 15.9 Å². The van der Waals surface area contributed by atoms with Crippen LogP contribution in [0.4, 0.5) is 5.69 Å². The molecule has 5 heteroatoms. The highest BCUT2D eigenvalue weighted by atomic mass is 79.9. The van der Waals surface area contributed by atoms with Gasteiger partial charge in [-0.3, -0.25) is 0 Å². The van der Waals surface area contributed by atoms with Crippen molar-refractivity contribution in [1.82, 2.24) is 0 Å². The van der Waals surface area contributed by atoms with Crippen molar-refractivity contribution in [2.75, 3.05) is 19.5 Å². The average molecular weight is 428 g/mol. The zero-order chi connectivity index (χ0) is 19.1. The maximum Gasteiger partial charge on any atom is 0.166 e. The predicted molar refractivity (Wildman–Crippen MR) is 112 cm³/mol. The van der Waals surface area contributed by atoms with Gasteiger partial charge in [0.05, 0.1) is 19.9 Å². The molecule has 0 unspecified atom stereocenters. The lowest BCUT2D eigenvalue weighted by atomic mass is 10.1. The van der Waals surface area contributed by atoms with E-state index in [1.165, 1.54) is 0 Å². The number of benzene rings is 3. The van der Waals surface area contributed by atoms with Crippen LogP contribution in [-0.4, -0.2) is 14.2 Å². The van der Waals surface area contributed by atoms with Gasteiger partial charge in [0, 0.05) is 22.1 Å². The summed E-state index contributed by atoms with van der Waals surface area (Å²) in [6.45, 7) is 1.03. The largest absolute Gasteiger partial charge is 0.495 e. The van der Waals surface area contributed by atoms with Crippen LogP contribution in [0.15, 0.2) is 71.2 Å². The van der Waals surface area contributed by atoms with Crippen LogP contribution in [0.1, 0.15) is 11.1 Å². The highest BCUT2D eigenvalue weighted by molar-refractivity contribution is 9.10. The van der Waals surface area contributed by atoms with E-state index in [0.29, 0.717) is 18.9 Å². The first-order chi connectivity index (χ1) is 13.2. The van der Waals surface area contributed by atoms with Crippen LogP contribution in [0.25, 0.3) is 0 Å². The second-order valence-electron chi connectivity index (χ2n) is 5.88. The van der Waals surface area contributed by atoms with E-state index >= 15 is 0 Å². The molecule has 0 bridgehead atoms. The van der Waals surface area contributed by atoms with Crippen molar-refractivity contribution in [3.8, 4) is 17.2 Å². The van der Waals surface area contributed by atoms with E-state index in [1.807, 2.05) is 66.7 Å². The van der Waals surface area contributed by atoms with Crippen molar-refractivity contribution >= 4 is 21.6 Å². The minimum atomic E-state index is 0.448. The van der Waals surface area contributed by atoms with Crippen molar-refractivity contribution in [3.05, 3.63) is 82.3 Å². The SMILES string of the molecule is COc1ccccc1NCc1cccc(OC)c1OCc1ccccc1Br. The van der Waals surface area contributed by atoms with Gasteiger partial charge in [0.2, 0.25) is 0 Å². The summed E-state index contributed by atoms with van der Waals surface area (Å²) < 4.78 is 18.1. The standard InChI is InChI=1S/C22H22BrNO3/c1-25-20-12-6-5-11-19(20)24-14-16-9-7-13-21(26-2)22(16)27-15-17-8-3-4-10-18(17)23/h3-13,24H,14-15H2,1-2H3. The highest BCUT2D eigenvalue weighted by Crippen LogP contribution is 2.33. The van der Waals surface area contributed by atoms with E-state index in [9.17, 15) is 0 Å². The van der Waals surface area contributed by atoms with Gasteiger partial charge in [-0.15, -0.1) is 0 Å². The highest BCUT2D eigenvalue weighted by Gasteiger charge is 2.12. The molecule has 3 aromatic rings. The molecule has 1 N–H and O–H groups in total. The first-order valence-electron chi connectivity index (χ1n) is 8.62. The first-order valence-corrected chi connectivity index (χ1v) is 9.41. The number of anilines is 1. The Hall–Kier alpha value is -2.66. The van der Waals surface area contributed by atoms with Crippen molar-refractivity contribution in [2.24, 2.45) is 0 Å². The molecule has 0 fully saturated rings. The van der Waals surface area contributed by atoms with Crippen LogP contribution < -0.4 is 19.5 Å². The summed E-state index contributed by atoms with van der Waals surface area (Å²) in [6, 6.07) is 21.7. The van der Waals surface area contributed by atoms with E-state index in [2.05, 4.69) is 21.2 Å². The van der Waals surface area contributed by atoms with Gasteiger partial charge in [-0.25, -0.2) is 0 Å². The second kappa shape index (κ2) is 9.33. The quantitative estimate of drug-likeness (QED) is 0.503. The number of hydrogen-bond acceptors (Lipinski definition) is 4. The molecule has 0 aliphatic rings. The molecule has 3 aromatic carbocycles. The predicted octanol–water partition coefficient (Wildman–Crippen LogP) is 5.66. The summed E-state index contributed by atoms with van der Waals surface area (Å²) in [5, 5.41) is 3.41. The molecule has 0 heterocycles. The molecule has 0 aromatic heterocycles. The Morgan fingerprint density at radius 2 is 1.44 bits per heavy atom. The Balaban J connectivity index is 1.80. The Bertz CT molecular complexity index is 898. The Morgan fingerprint density at radius 3 is 2.22 bits per heavy atom. The Kier molecular flexibility index (Phi) is 6.60. The summed E-state index contributed by atoms with van der Waals surface area (Å²) in [6.07, 6.45) is 0. The lowest BCUT2D eigenvalue weighted by Gasteiger charge is -2.17. The molecule has 0 atom stereocenters. The molecule has 27 heavy (non-hydrogen) atoms. The first kappa shape index (κ1) is 19.1. The number of para-hydroxylation sites is 3. The molecule has 0 saturated carbocycles. The van der Waals surface area contributed by atoms with Crippen LogP contribution in [-0.2, 0) is 13.2 Å². The minimum absolute atomic E-state index is 0.448. The second-order valence-corrected chi connectivity index (χ2v) is 6.74. The molecule has 4 nitrogen and oxygen atoms in total. The summed E-state index contributed by atoms with van der Waals surface area (Å²) in [7, 11) is 3.32. The molecule has 0 aliphatic heterocycles. The van der Waals surface area contributed by atoms with Crippen molar-refractivity contribution in [2.45, 2.75) is 13.2 Å². The van der Waals surface area contributed by atoms with Gasteiger partial charge in [-0.2, -0.15) is 0 Å². The van der Waals surface area contributed by atoms with Gasteiger partial charge in [0.25, 0.3) is 0 Å². The van der Waals surface area contributed by atoms with Gasteiger partial charge in [0.1, 0.15) is 12.4 Å². The summed E-state index contributed by atoms with van der Waals surface area (Å²) in [5.41, 5.74) is 3.01. The maximum atomic E-state index is 6.14. The minimum Gasteiger partial charge on any atom is -0.495 e. The molecule has 140 valence electrons. The van der Waals surface area contributed by atoms with Crippen LogP contribution in [0.5, 0.6) is 17.2 Å². The third-order valence-electron chi connectivity index (χ3n) is 4.19. The monoisotopic (exact) mass is 427 g/mol. The Morgan fingerprint density at radius 1 is 0.778 bits per heavy atom. The topological polar surface area (TPSA) is 39.7 Å². The summed E-state index contributed by atoms with van der Waals surface area (Å²) in [4.78, 5) is 0. The molecule has 0 radical (unpaired) electrons. The fraction of sp³-hybridized carbons (Fsp3) is 0.182. The van der Waals surface area contributed by atoms with Crippen LogP contribution in [0, 0.1) is 0 Å². The molecule has 0 aliphatic carbocycles. The third kappa shape index (κ3) is 4.74. The van der Waals surface area contributed by atoms with Crippen LogP contribution in [0.3, 0.4) is 0 Å². The zero-order valence-corrected chi connectivity index (χ0v) is 17.0. The third-order valence-corrected chi connectivity index (χ3v) is 4.96. The molecule has 0 amide bonds. The maximum absolute atomic E-state index is 6.14. The average Bonchev–Trinajstić information content (AvgIpc) is 2.72. The van der Waals surface area contributed by atoms with Gasteiger partial charge in [-0.05, 0) is 24.3 Å². The molecule has 3 rings (SSSR count). The van der Waals surface area contributed by atoms with E-state index in [4.69, 9.17) is 14.2 Å². The number of methoxy groups -OCH3 is 2. The normalized spacial score (nSPS) is 10.3.